The van der Waals surface area contributed by atoms with Crippen LogP contribution in [-0.2, 0) is 0 Å². The standard InChI is InChI=1S/C21H36.2Li/c1-21(2,19-11-15-7-3-4-8-16(15)12-19)20-13-17-9-5-6-10-18(17)14-20;;/h15-20H,3-14H2,1-2H3;;/q;2*+1. The van der Waals surface area contributed by atoms with Gasteiger partial charge in [-0.2, -0.15) is 0 Å². The van der Waals surface area contributed by atoms with Gasteiger partial charge in [-0.1, -0.05) is 65.2 Å². The minimum absolute atomic E-state index is 0. The van der Waals surface area contributed by atoms with Crippen molar-refractivity contribution in [3.05, 3.63) is 0 Å². The van der Waals surface area contributed by atoms with Crippen LogP contribution in [-0.4, -0.2) is 0 Å². The average Bonchev–Trinajstić information content (AvgIpc) is 3.11. The molecule has 0 saturated heterocycles. The zero-order valence-electron chi connectivity index (χ0n) is 16.4. The summed E-state index contributed by atoms with van der Waals surface area (Å²) in [6.45, 7) is 5.33. The Morgan fingerprint density at radius 3 is 1.04 bits per heavy atom. The molecule has 4 atom stereocenters. The second-order valence-corrected chi connectivity index (χ2v) is 9.77. The van der Waals surface area contributed by atoms with Gasteiger partial charge >= 0.3 is 37.7 Å². The zero-order valence-corrected chi connectivity index (χ0v) is 16.4. The summed E-state index contributed by atoms with van der Waals surface area (Å²) < 4.78 is 0. The van der Waals surface area contributed by atoms with E-state index in [0.29, 0.717) is 5.41 Å². The topological polar surface area (TPSA) is 0 Å². The quantitative estimate of drug-likeness (QED) is 0.650. The first-order valence-electron chi connectivity index (χ1n) is 10.1. The number of rotatable bonds is 2. The van der Waals surface area contributed by atoms with Crippen LogP contribution in [0.5, 0.6) is 0 Å². The van der Waals surface area contributed by atoms with Gasteiger partial charge in [0.25, 0.3) is 0 Å². The summed E-state index contributed by atoms with van der Waals surface area (Å²) in [6.07, 6.45) is 18.7. The summed E-state index contributed by atoms with van der Waals surface area (Å²) in [4.78, 5) is 0. The summed E-state index contributed by atoms with van der Waals surface area (Å²) >= 11 is 0. The molecule has 4 aliphatic rings. The van der Waals surface area contributed by atoms with Crippen molar-refractivity contribution >= 4 is 0 Å². The van der Waals surface area contributed by atoms with Crippen molar-refractivity contribution < 1.29 is 37.7 Å². The predicted octanol–water partition coefficient (Wildman–Crippen LogP) is 0.453. The molecule has 4 aliphatic carbocycles. The molecule has 0 radical (unpaired) electrons. The fraction of sp³-hybridized carbons (Fsp3) is 1.00. The van der Waals surface area contributed by atoms with Gasteiger partial charge < -0.3 is 0 Å². The van der Waals surface area contributed by atoms with E-state index < -0.39 is 0 Å². The molecular formula is C21H36Li2+2. The fourth-order valence-corrected chi connectivity index (χ4v) is 7.01. The molecule has 0 bridgehead atoms. The summed E-state index contributed by atoms with van der Waals surface area (Å²) in [5.41, 5.74) is 0.634. The normalized spacial score (nSPS) is 43.0. The van der Waals surface area contributed by atoms with Crippen LogP contribution in [0.3, 0.4) is 0 Å². The third-order valence-corrected chi connectivity index (χ3v) is 8.59. The van der Waals surface area contributed by atoms with Crippen LogP contribution in [0.4, 0.5) is 0 Å². The molecule has 0 spiro atoms. The van der Waals surface area contributed by atoms with E-state index in [1.165, 1.54) is 25.7 Å². The molecule has 0 amide bonds. The van der Waals surface area contributed by atoms with Gasteiger partial charge in [0.15, 0.2) is 0 Å². The van der Waals surface area contributed by atoms with Crippen LogP contribution in [0, 0.1) is 40.9 Å². The monoisotopic (exact) mass is 302 g/mol. The second-order valence-electron chi connectivity index (χ2n) is 9.77. The summed E-state index contributed by atoms with van der Waals surface area (Å²) in [7, 11) is 0. The average molecular weight is 302 g/mol. The first-order chi connectivity index (χ1) is 10.1. The summed E-state index contributed by atoms with van der Waals surface area (Å²) in [5, 5.41) is 0. The van der Waals surface area contributed by atoms with Gasteiger partial charge in [0, 0.05) is 0 Å². The van der Waals surface area contributed by atoms with E-state index in [1.807, 2.05) is 0 Å². The molecule has 2 heteroatoms. The zero-order chi connectivity index (χ0) is 14.4. The Labute approximate surface area is 169 Å². The molecule has 0 aliphatic heterocycles. The second kappa shape index (κ2) is 8.26. The Morgan fingerprint density at radius 2 is 0.783 bits per heavy atom. The molecule has 0 heterocycles. The molecule has 0 aromatic carbocycles. The van der Waals surface area contributed by atoms with Crippen LogP contribution in [0.2, 0.25) is 0 Å². The van der Waals surface area contributed by atoms with Crippen LogP contribution in [0.1, 0.15) is 90.9 Å². The Kier molecular flexibility index (Phi) is 7.36. The van der Waals surface area contributed by atoms with E-state index in [4.69, 9.17) is 0 Å². The van der Waals surface area contributed by atoms with Crippen LogP contribution in [0.25, 0.3) is 0 Å². The van der Waals surface area contributed by atoms with E-state index in [2.05, 4.69) is 13.8 Å². The van der Waals surface area contributed by atoms with E-state index in [-0.39, 0.29) is 37.7 Å². The molecule has 4 rings (SSSR count). The van der Waals surface area contributed by atoms with E-state index >= 15 is 0 Å². The van der Waals surface area contributed by atoms with Crippen molar-refractivity contribution in [1.29, 1.82) is 0 Å². The first kappa shape index (κ1) is 20.5. The molecule has 120 valence electrons. The van der Waals surface area contributed by atoms with Gasteiger partial charge in [0.1, 0.15) is 0 Å². The van der Waals surface area contributed by atoms with E-state index in [0.717, 1.165) is 35.5 Å². The summed E-state index contributed by atoms with van der Waals surface area (Å²) in [6, 6.07) is 0. The number of fused-ring (bicyclic) bond motifs is 2. The van der Waals surface area contributed by atoms with Gasteiger partial charge in [0.2, 0.25) is 0 Å². The first-order valence-corrected chi connectivity index (χ1v) is 10.1. The molecule has 23 heavy (non-hydrogen) atoms. The SMILES string of the molecule is CC(C)(C1CC2CCCCC2C1)C1CC2CCCCC2C1.[Li+].[Li+]. The largest absolute Gasteiger partial charge is 1.00 e. The van der Waals surface area contributed by atoms with Crippen molar-refractivity contribution in [1.82, 2.24) is 0 Å². The van der Waals surface area contributed by atoms with Gasteiger partial charge in [-0.25, -0.2) is 0 Å². The van der Waals surface area contributed by atoms with Crippen molar-refractivity contribution in [2.75, 3.05) is 0 Å². The van der Waals surface area contributed by atoms with Crippen LogP contribution in [0.15, 0.2) is 0 Å². The minimum Gasteiger partial charge on any atom is -0.0594 e. The number of hydrogen-bond donors (Lipinski definition) is 0. The fourth-order valence-electron chi connectivity index (χ4n) is 7.01. The Balaban J connectivity index is 0.000000960. The molecule has 4 saturated carbocycles. The van der Waals surface area contributed by atoms with E-state index in [1.54, 1.807) is 51.4 Å². The third kappa shape index (κ3) is 3.98. The van der Waals surface area contributed by atoms with Gasteiger partial charge in [-0.05, 0) is 66.6 Å². The maximum atomic E-state index is 2.66. The Bertz CT molecular complexity index is 316. The molecular weight excluding hydrogens is 266 g/mol. The Hall–Kier alpha value is 1.19. The third-order valence-electron chi connectivity index (χ3n) is 8.59. The predicted molar refractivity (Wildman–Crippen MR) is 90.1 cm³/mol. The maximum absolute atomic E-state index is 2.66. The van der Waals surface area contributed by atoms with Crippen LogP contribution >= 0.6 is 0 Å². The van der Waals surface area contributed by atoms with Crippen molar-refractivity contribution in [2.45, 2.75) is 90.9 Å². The van der Waals surface area contributed by atoms with Gasteiger partial charge in [-0.3, -0.25) is 0 Å². The molecule has 0 N–H and O–H groups in total. The minimum atomic E-state index is 0. The molecule has 0 nitrogen and oxygen atoms in total. The molecule has 0 aromatic heterocycles. The number of hydrogen-bond acceptors (Lipinski definition) is 0. The molecule has 0 aromatic rings. The summed E-state index contributed by atoms with van der Waals surface area (Å²) in [5.74, 6) is 6.57. The van der Waals surface area contributed by atoms with Crippen molar-refractivity contribution in [2.24, 2.45) is 40.9 Å². The van der Waals surface area contributed by atoms with Crippen molar-refractivity contribution in [3.8, 4) is 0 Å². The van der Waals surface area contributed by atoms with Crippen LogP contribution < -0.4 is 37.7 Å². The molecule has 4 fully saturated rings. The smallest absolute Gasteiger partial charge is 0.0594 e. The van der Waals surface area contributed by atoms with Gasteiger partial charge in [-0.15, -0.1) is 0 Å². The van der Waals surface area contributed by atoms with Crippen molar-refractivity contribution in [3.63, 3.8) is 0 Å². The van der Waals surface area contributed by atoms with E-state index in [9.17, 15) is 0 Å². The molecule has 4 unspecified atom stereocenters. The van der Waals surface area contributed by atoms with Gasteiger partial charge in [0.05, 0.1) is 0 Å². The Morgan fingerprint density at radius 1 is 0.522 bits per heavy atom. The maximum Gasteiger partial charge on any atom is 1.00 e.